The summed E-state index contributed by atoms with van der Waals surface area (Å²) in [5, 5.41) is 6.03. The molecule has 2 rings (SSSR count). The molecule has 0 spiro atoms. The minimum absolute atomic E-state index is 0.0547. The standard InChI is InChI=1S/C10H19N3O/c1-11-10(14)9-7-12-5-6-13(9)8-3-2-4-8/h8-9,12H,2-7H2,1H3,(H,11,14). The van der Waals surface area contributed by atoms with E-state index in [1.807, 2.05) is 0 Å². The van der Waals surface area contributed by atoms with E-state index in [-0.39, 0.29) is 11.9 Å². The van der Waals surface area contributed by atoms with E-state index in [0.717, 1.165) is 19.6 Å². The zero-order valence-corrected chi connectivity index (χ0v) is 8.75. The molecule has 1 heterocycles. The Kier molecular flexibility index (Phi) is 3.03. The van der Waals surface area contributed by atoms with Crippen LogP contribution < -0.4 is 10.6 Å². The van der Waals surface area contributed by atoms with Crippen molar-refractivity contribution in [3.8, 4) is 0 Å². The Bertz CT molecular complexity index is 215. The van der Waals surface area contributed by atoms with Crippen molar-refractivity contribution < 1.29 is 4.79 Å². The molecule has 2 aliphatic rings. The molecule has 0 aromatic rings. The summed E-state index contributed by atoms with van der Waals surface area (Å²) >= 11 is 0. The Morgan fingerprint density at radius 3 is 2.86 bits per heavy atom. The van der Waals surface area contributed by atoms with E-state index in [0.29, 0.717) is 6.04 Å². The van der Waals surface area contributed by atoms with Crippen LogP contribution in [0.2, 0.25) is 0 Å². The lowest BCUT2D eigenvalue weighted by atomic mass is 9.89. The lowest BCUT2D eigenvalue weighted by Gasteiger charge is -2.44. The van der Waals surface area contributed by atoms with E-state index in [9.17, 15) is 4.79 Å². The van der Waals surface area contributed by atoms with E-state index in [1.165, 1.54) is 19.3 Å². The Labute approximate surface area is 85.0 Å². The molecule has 1 saturated heterocycles. The second-order valence-corrected chi connectivity index (χ2v) is 4.16. The van der Waals surface area contributed by atoms with E-state index in [2.05, 4.69) is 15.5 Å². The molecule has 0 aromatic heterocycles. The predicted molar refractivity (Wildman–Crippen MR) is 55.1 cm³/mol. The monoisotopic (exact) mass is 197 g/mol. The van der Waals surface area contributed by atoms with Gasteiger partial charge in [-0.1, -0.05) is 6.42 Å². The highest BCUT2D eigenvalue weighted by molar-refractivity contribution is 5.81. The van der Waals surface area contributed by atoms with Crippen LogP contribution in [0.5, 0.6) is 0 Å². The van der Waals surface area contributed by atoms with E-state index < -0.39 is 0 Å². The van der Waals surface area contributed by atoms with E-state index in [1.54, 1.807) is 7.05 Å². The minimum atomic E-state index is 0.0547. The third-order valence-corrected chi connectivity index (χ3v) is 3.38. The van der Waals surface area contributed by atoms with Crippen molar-refractivity contribution in [2.75, 3.05) is 26.7 Å². The summed E-state index contributed by atoms with van der Waals surface area (Å²) in [6, 6.07) is 0.721. The lowest BCUT2D eigenvalue weighted by Crippen LogP contribution is -2.61. The van der Waals surface area contributed by atoms with Gasteiger partial charge in [-0.15, -0.1) is 0 Å². The summed E-state index contributed by atoms with van der Waals surface area (Å²) in [5.74, 6) is 0.157. The highest BCUT2D eigenvalue weighted by Gasteiger charge is 2.35. The van der Waals surface area contributed by atoms with Gasteiger partial charge in [0.25, 0.3) is 0 Å². The number of carbonyl (C=O) groups excluding carboxylic acids is 1. The maximum Gasteiger partial charge on any atom is 0.238 e. The number of nitrogens with zero attached hydrogens (tertiary/aromatic N) is 1. The first-order valence-corrected chi connectivity index (χ1v) is 5.51. The normalized spacial score (nSPS) is 29.6. The van der Waals surface area contributed by atoms with Gasteiger partial charge in [0.05, 0.1) is 0 Å². The van der Waals surface area contributed by atoms with Crippen molar-refractivity contribution in [1.82, 2.24) is 15.5 Å². The fraction of sp³-hybridized carbons (Fsp3) is 0.900. The first kappa shape index (κ1) is 9.93. The average Bonchev–Trinajstić information content (AvgIpc) is 2.15. The van der Waals surface area contributed by atoms with Gasteiger partial charge >= 0.3 is 0 Å². The van der Waals surface area contributed by atoms with Gasteiger partial charge in [-0.3, -0.25) is 9.69 Å². The number of hydrogen-bond acceptors (Lipinski definition) is 3. The number of rotatable bonds is 2. The summed E-state index contributed by atoms with van der Waals surface area (Å²) in [6.45, 7) is 2.84. The van der Waals surface area contributed by atoms with Crippen LogP contribution in [0.25, 0.3) is 0 Å². The molecule has 1 amide bonds. The van der Waals surface area contributed by atoms with Gasteiger partial charge < -0.3 is 10.6 Å². The Morgan fingerprint density at radius 2 is 2.29 bits per heavy atom. The van der Waals surface area contributed by atoms with Gasteiger partial charge in [-0.25, -0.2) is 0 Å². The van der Waals surface area contributed by atoms with Crippen LogP contribution >= 0.6 is 0 Å². The molecule has 80 valence electrons. The molecule has 0 aromatic carbocycles. The van der Waals surface area contributed by atoms with Crippen LogP contribution in [0.3, 0.4) is 0 Å². The number of amides is 1. The molecule has 1 aliphatic carbocycles. The average molecular weight is 197 g/mol. The number of likely N-dealkylation sites (N-methyl/N-ethyl adjacent to an activating group) is 1. The molecular weight excluding hydrogens is 178 g/mol. The van der Waals surface area contributed by atoms with Gasteiger partial charge in [0.1, 0.15) is 6.04 Å². The summed E-state index contributed by atoms with van der Waals surface area (Å²) in [5.41, 5.74) is 0. The second-order valence-electron chi connectivity index (χ2n) is 4.16. The summed E-state index contributed by atoms with van der Waals surface area (Å²) in [7, 11) is 1.72. The summed E-state index contributed by atoms with van der Waals surface area (Å²) in [6.07, 6.45) is 3.87. The molecule has 0 radical (unpaired) electrons. The Hall–Kier alpha value is -0.610. The molecule has 14 heavy (non-hydrogen) atoms. The fourth-order valence-corrected chi connectivity index (χ4v) is 2.29. The fourth-order valence-electron chi connectivity index (χ4n) is 2.29. The zero-order valence-electron chi connectivity index (χ0n) is 8.75. The van der Waals surface area contributed by atoms with Crippen LogP contribution in [-0.4, -0.2) is 49.6 Å². The summed E-state index contributed by atoms with van der Waals surface area (Å²) in [4.78, 5) is 14.0. The zero-order chi connectivity index (χ0) is 9.97. The molecule has 2 fully saturated rings. The van der Waals surface area contributed by atoms with Gasteiger partial charge in [0, 0.05) is 32.7 Å². The number of carbonyl (C=O) groups is 1. The Morgan fingerprint density at radius 1 is 1.50 bits per heavy atom. The number of nitrogens with one attached hydrogen (secondary N) is 2. The predicted octanol–water partition coefficient (Wildman–Crippen LogP) is -0.441. The maximum absolute atomic E-state index is 11.6. The van der Waals surface area contributed by atoms with Crippen molar-refractivity contribution in [1.29, 1.82) is 0 Å². The molecule has 4 nitrogen and oxygen atoms in total. The summed E-state index contributed by atoms with van der Waals surface area (Å²) < 4.78 is 0. The third kappa shape index (κ3) is 1.77. The number of hydrogen-bond donors (Lipinski definition) is 2. The van der Waals surface area contributed by atoms with E-state index in [4.69, 9.17) is 0 Å². The molecule has 0 bridgehead atoms. The van der Waals surface area contributed by atoms with Crippen molar-refractivity contribution in [2.24, 2.45) is 0 Å². The molecule has 2 N–H and O–H groups in total. The number of piperazine rings is 1. The van der Waals surface area contributed by atoms with E-state index >= 15 is 0 Å². The molecular formula is C10H19N3O. The van der Waals surface area contributed by atoms with Crippen LogP contribution in [-0.2, 0) is 4.79 Å². The second kappa shape index (κ2) is 4.28. The largest absolute Gasteiger partial charge is 0.358 e. The van der Waals surface area contributed by atoms with Crippen LogP contribution in [0.1, 0.15) is 19.3 Å². The molecule has 4 heteroatoms. The maximum atomic E-state index is 11.6. The minimum Gasteiger partial charge on any atom is -0.358 e. The Balaban J connectivity index is 1.98. The molecule has 1 aliphatic heterocycles. The van der Waals surface area contributed by atoms with Crippen LogP contribution in [0.4, 0.5) is 0 Å². The van der Waals surface area contributed by atoms with Crippen molar-refractivity contribution in [3.05, 3.63) is 0 Å². The molecule has 1 saturated carbocycles. The lowest BCUT2D eigenvalue weighted by molar-refractivity contribution is -0.128. The molecule has 1 atom stereocenters. The van der Waals surface area contributed by atoms with Gasteiger partial charge in [-0.05, 0) is 12.8 Å². The van der Waals surface area contributed by atoms with Crippen molar-refractivity contribution in [3.63, 3.8) is 0 Å². The van der Waals surface area contributed by atoms with Crippen molar-refractivity contribution >= 4 is 5.91 Å². The first-order chi connectivity index (χ1) is 6.83. The smallest absolute Gasteiger partial charge is 0.238 e. The van der Waals surface area contributed by atoms with Gasteiger partial charge in [-0.2, -0.15) is 0 Å². The SMILES string of the molecule is CNC(=O)C1CNCCN1C1CCC1. The van der Waals surface area contributed by atoms with Crippen LogP contribution in [0.15, 0.2) is 0 Å². The molecule has 1 unspecified atom stereocenters. The topological polar surface area (TPSA) is 44.4 Å². The highest BCUT2D eigenvalue weighted by Crippen LogP contribution is 2.26. The first-order valence-electron chi connectivity index (χ1n) is 5.51. The van der Waals surface area contributed by atoms with Crippen molar-refractivity contribution in [2.45, 2.75) is 31.3 Å². The third-order valence-electron chi connectivity index (χ3n) is 3.38. The quantitative estimate of drug-likeness (QED) is 0.631. The van der Waals surface area contributed by atoms with Crippen LogP contribution in [0, 0.1) is 0 Å². The van der Waals surface area contributed by atoms with Gasteiger partial charge in [0.15, 0.2) is 0 Å². The highest BCUT2D eigenvalue weighted by atomic mass is 16.2. The van der Waals surface area contributed by atoms with Gasteiger partial charge in [0.2, 0.25) is 5.91 Å².